The summed E-state index contributed by atoms with van der Waals surface area (Å²) in [4.78, 5) is 27.4. The van der Waals surface area contributed by atoms with Crippen LogP contribution in [0.15, 0.2) is 78.9 Å². The molecular weight excluding hydrogens is 407 g/mol. The lowest BCUT2D eigenvalue weighted by Crippen LogP contribution is -2.40. The molecule has 5 nitrogen and oxygen atoms in total. The highest BCUT2D eigenvalue weighted by molar-refractivity contribution is 5.99. The minimum atomic E-state index is -0.549. The van der Waals surface area contributed by atoms with E-state index in [1.807, 2.05) is 61.5 Å². The summed E-state index contributed by atoms with van der Waals surface area (Å²) in [5.74, 6) is -0.908. The third-order valence-electron chi connectivity index (χ3n) is 5.91. The number of nitrogens with zero attached hydrogens (tertiary/aromatic N) is 1. The molecule has 32 heavy (non-hydrogen) atoms. The van der Waals surface area contributed by atoms with Gasteiger partial charge in [0, 0.05) is 17.2 Å². The average molecular weight is 432 g/mol. The normalized spacial score (nSPS) is 17.0. The molecule has 0 bridgehead atoms. The van der Waals surface area contributed by atoms with Crippen molar-refractivity contribution in [2.75, 3.05) is 7.11 Å². The van der Waals surface area contributed by atoms with Crippen molar-refractivity contribution in [1.82, 2.24) is 10.2 Å². The molecule has 0 aliphatic carbocycles. The highest BCUT2D eigenvalue weighted by Crippen LogP contribution is 2.40. The summed E-state index contributed by atoms with van der Waals surface area (Å²) in [5, 5.41) is 3.45. The van der Waals surface area contributed by atoms with Crippen LogP contribution in [0.25, 0.3) is 0 Å². The Kier molecular flexibility index (Phi) is 6.32. The van der Waals surface area contributed by atoms with Gasteiger partial charge in [-0.05, 0) is 36.2 Å². The van der Waals surface area contributed by atoms with Crippen molar-refractivity contribution in [2.24, 2.45) is 0 Å². The summed E-state index contributed by atoms with van der Waals surface area (Å²) in [6, 6.07) is 22.6. The molecule has 164 valence electrons. The van der Waals surface area contributed by atoms with Gasteiger partial charge in [-0.1, -0.05) is 60.7 Å². The Morgan fingerprint density at radius 1 is 1.03 bits per heavy atom. The van der Waals surface area contributed by atoms with E-state index in [2.05, 4.69) is 5.32 Å². The number of carbonyl (C=O) groups is 2. The molecule has 0 unspecified atom stereocenters. The maximum atomic E-state index is 14.0. The van der Waals surface area contributed by atoms with E-state index in [0.29, 0.717) is 11.1 Å². The summed E-state index contributed by atoms with van der Waals surface area (Å²) < 4.78 is 18.9. The van der Waals surface area contributed by atoms with Crippen LogP contribution in [-0.4, -0.2) is 23.9 Å². The van der Waals surface area contributed by atoms with Crippen molar-refractivity contribution in [2.45, 2.75) is 31.6 Å². The standard InChI is InChI=1S/C26H25FN2O3/c1-17(18-9-4-3-5-10-18)29-25(21-13-6-7-14-22(21)26(29)31)28-23(16-24(30)32-2)19-11-8-12-20(27)15-19/h3-15,17,23,25,28H,16H2,1-2H3/t17-,23-,25-/m0/s1. The maximum absolute atomic E-state index is 14.0. The number of hydrogen-bond acceptors (Lipinski definition) is 4. The predicted molar refractivity (Wildman–Crippen MR) is 119 cm³/mol. The number of halogens is 1. The van der Waals surface area contributed by atoms with Crippen molar-refractivity contribution >= 4 is 11.9 Å². The van der Waals surface area contributed by atoms with E-state index in [9.17, 15) is 14.0 Å². The molecule has 1 heterocycles. The quantitative estimate of drug-likeness (QED) is 0.538. The second-order valence-corrected chi connectivity index (χ2v) is 7.84. The Morgan fingerprint density at radius 2 is 1.72 bits per heavy atom. The number of benzene rings is 3. The van der Waals surface area contributed by atoms with Crippen LogP contribution >= 0.6 is 0 Å². The lowest BCUT2D eigenvalue weighted by molar-refractivity contribution is -0.141. The monoisotopic (exact) mass is 432 g/mol. The van der Waals surface area contributed by atoms with Crippen LogP contribution in [0.1, 0.15) is 58.6 Å². The first kappa shape index (κ1) is 21.7. The van der Waals surface area contributed by atoms with Gasteiger partial charge >= 0.3 is 5.97 Å². The molecule has 0 saturated carbocycles. The maximum Gasteiger partial charge on any atom is 0.307 e. The zero-order chi connectivity index (χ0) is 22.7. The fourth-order valence-electron chi connectivity index (χ4n) is 4.24. The fraction of sp³-hybridized carbons (Fsp3) is 0.231. The Bertz CT molecular complexity index is 1120. The topological polar surface area (TPSA) is 58.6 Å². The van der Waals surface area contributed by atoms with E-state index >= 15 is 0 Å². The van der Waals surface area contributed by atoms with Gasteiger partial charge in [-0.15, -0.1) is 0 Å². The van der Waals surface area contributed by atoms with E-state index in [1.165, 1.54) is 19.2 Å². The van der Waals surface area contributed by atoms with Crippen LogP contribution in [-0.2, 0) is 9.53 Å². The number of methoxy groups -OCH3 is 1. The third kappa shape index (κ3) is 4.27. The zero-order valence-corrected chi connectivity index (χ0v) is 18.0. The Balaban J connectivity index is 1.74. The number of ether oxygens (including phenoxy) is 1. The second kappa shape index (κ2) is 9.32. The van der Waals surface area contributed by atoms with Gasteiger partial charge in [0.25, 0.3) is 5.91 Å². The number of esters is 1. The predicted octanol–water partition coefficient (Wildman–Crippen LogP) is 4.94. The molecule has 1 N–H and O–H groups in total. The molecule has 3 aromatic rings. The van der Waals surface area contributed by atoms with Crippen molar-refractivity contribution < 1.29 is 18.7 Å². The molecule has 0 saturated heterocycles. The van der Waals surface area contributed by atoms with Crippen molar-refractivity contribution in [1.29, 1.82) is 0 Å². The Morgan fingerprint density at radius 3 is 2.44 bits per heavy atom. The molecule has 3 atom stereocenters. The molecule has 3 aromatic carbocycles. The number of rotatable bonds is 7. The zero-order valence-electron chi connectivity index (χ0n) is 18.0. The van der Waals surface area contributed by atoms with E-state index < -0.39 is 24.0 Å². The Hall–Kier alpha value is -3.51. The van der Waals surface area contributed by atoms with Gasteiger partial charge in [0.1, 0.15) is 12.0 Å². The van der Waals surface area contributed by atoms with Gasteiger partial charge in [-0.25, -0.2) is 4.39 Å². The first-order chi connectivity index (χ1) is 15.5. The smallest absolute Gasteiger partial charge is 0.307 e. The van der Waals surface area contributed by atoms with Crippen molar-refractivity contribution in [3.8, 4) is 0 Å². The largest absolute Gasteiger partial charge is 0.469 e. The van der Waals surface area contributed by atoms with Crippen molar-refractivity contribution in [3.05, 3.63) is 107 Å². The van der Waals surface area contributed by atoms with Crippen molar-refractivity contribution in [3.63, 3.8) is 0 Å². The minimum Gasteiger partial charge on any atom is -0.469 e. The summed E-state index contributed by atoms with van der Waals surface area (Å²) in [7, 11) is 1.32. The number of nitrogens with one attached hydrogen (secondary N) is 1. The second-order valence-electron chi connectivity index (χ2n) is 7.84. The number of carbonyl (C=O) groups excluding carboxylic acids is 2. The van der Waals surface area contributed by atoms with Crippen LogP contribution in [0, 0.1) is 5.82 Å². The first-order valence-electron chi connectivity index (χ1n) is 10.5. The highest BCUT2D eigenvalue weighted by atomic mass is 19.1. The van der Waals surface area contributed by atoms with Gasteiger partial charge in [0.15, 0.2) is 0 Å². The summed E-state index contributed by atoms with van der Waals surface area (Å²) in [6.45, 7) is 1.98. The number of hydrogen-bond donors (Lipinski definition) is 1. The molecule has 0 radical (unpaired) electrons. The SMILES string of the molecule is COC(=O)C[C@H](N[C@@H]1c2ccccc2C(=O)N1[C@@H](C)c1ccccc1)c1cccc(F)c1. The Labute approximate surface area is 186 Å². The third-order valence-corrected chi connectivity index (χ3v) is 5.91. The molecule has 1 amide bonds. The van der Waals surface area contributed by atoms with E-state index in [0.717, 1.165) is 11.1 Å². The molecule has 1 aliphatic rings. The minimum absolute atomic E-state index is 0.000366. The summed E-state index contributed by atoms with van der Waals surface area (Å²) >= 11 is 0. The molecular formula is C26H25FN2O3. The number of fused-ring (bicyclic) bond motifs is 1. The van der Waals surface area contributed by atoms with Gasteiger partial charge in [-0.3, -0.25) is 14.9 Å². The lowest BCUT2D eigenvalue weighted by atomic mass is 10.0. The van der Waals surface area contributed by atoms with Gasteiger partial charge in [0.05, 0.1) is 19.6 Å². The van der Waals surface area contributed by atoms with Crippen LogP contribution in [0.2, 0.25) is 0 Å². The molecule has 0 fully saturated rings. The molecule has 1 aliphatic heterocycles. The molecule has 6 heteroatoms. The van der Waals surface area contributed by atoms with E-state index in [-0.39, 0.29) is 18.4 Å². The van der Waals surface area contributed by atoms with Gasteiger partial charge in [-0.2, -0.15) is 0 Å². The van der Waals surface area contributed by atoms with Crippen LogP contribution < -0.4 is 5.32 Å². The van der Waals surface area contributed by atoms with E-state index in [4.69, 9.17) is 4.74 Å². The fourth-order valence-corrected chi connectivity index (χ4v) is 4.24. The van der Waals surface area contributed by atoms with Crippen LogP contribution in [0.3, 0.4) is 0 Å². The van der Waals surface area contributed by atoms with Gasteiger partial charge in [0.2, 0.25) is 0 Å². The number of amides is 1. The first-order valence-corrected chi connectivity index (χ1v) is 10.5. The van der Waals surface area contributed by atoms with Gasteiger partial charge < -0.3 is 9.64 Å². The van der Waals surface area contributed by atoms with Crippen LogP contribution in [0.4, 0.5) is 4.39 Å². The summed E-state index contributed by atoms with van der Waals surface area (Å²) in [5.41, 5.74) is 3.05. The van der Waals surface area contributed by atoms with Crippen LogP contribution in [0.5, 0.6) is 0 Å². The average Bonchev–Trinajstić information content (AvgIpc) is 3.10. The van der Waals surface area contributed by atoms with E-state index in [1.54, 1.807) is 17.0 Å². The highest BCUT2D eigenvalue weighted by Gasteiger charge is 2.40. The molecule has 0 spiro atoms. The molecule has 4 rings (SSSR count). The summed E-state index contributed by atoms with van der Waals surface area (Å²) in [6.07, 6.45) is -0.493. The molecule has 0 aromatic heterocycles. The lowest BCUT2D eigenvalue weighted by Gasteiger charge is -2.34.